The van der Waals surface area contributed by atoms with E-state index in [1.807, 2.05) is 36.6 Å². The number of nitrogens with zero attached hydrogens (tertiary/aromatic N) is 2. The highest BCUT2D eigenvalue weighted by molar-refractivity contribution is 7.16. The van der Waals surface area contributed by atoms with Crippen LogP contribution in [0.2, 0.25) is 5.02 Å². The lowest BCUT2D eigenvalue weighted by Crippen LogP contribution is -2.30. The number of carbonyl (C=O) groups is 1. The molecule has 1 unspecified atom stereocenters. The van der Waals surface area contributed by atoms with Gasteiger partial charge < -0.3 is 5.32 Å². The number of hydrogen-bond acceptors (Lipinski definition) is 4. The van der Waals surface area contributed by atoms with E-state index in [0.717, 1.165) is 16.8 Å². The first-order chi connectivity index (χ1) is 12.1. The summed E-state index contributed by atoms with van der Waals surface area (Å²) in [6.07, 6.45) is 2.50. The first kappa shape index (κ1) is 17.6. The summed E-state index contributed by atoms with van der Waals surface area (Å²) < 4.78 is 1.48. The Morgan fingerprint density at radius 2 is 2.08 bits per heavy atom. The number of nitrogens with one attached hydrogen (secondary N) is 1. The van der Waals surface area contributed by atoms with Crippen molar-refractivity contribution in [2.24, 2.45) is 0 Å². The van der Waals surface area contributed by atoms with Crippen LogP contribution in [0, 0.1) is 0 Å². The van der Waals surface area contributed by atoms with Gasteiger partial charge in [0.05, 0.1) is 17.8 Å². The third-order valence-electron chi connectivity index (χ3n) is 4.05. The van der Waals surface area contributed by atoms with Gasteiger partial charge in [-0.05, 0) is 35.6 Å². The Morgan fingerprint density at radius 3 is 2.80 bits per heavy atom. The smallest absolute Gasteiger partial charge is 0.262 e. The normalized spacial score (nSPS) is 12.2. The van der Waals surface area contributed by atoms with Crippen LogP contribution in [0.15, 0.2) is 46.8 Å². The van der Waals surface area contributed by atoms with Crippen molar-refractivity contribution in [2.45, 2.75) is 32.4 Å². The Kier molecular flexibility index (Phi) is 5.50. The minimum Gasteiger partial charge on any atom is -0.349 e. The van der Waals surface area contributed by atoms with Crippen LogP contribution in [0.5, 0.6) is 0 Å². The molecule has 1 N–H and O–H groups in total. The molecule has 130 valence electrons. The quantitative estimate of drug-likeness (QED) is 0.713. The average Bonchev–Trinajstić information content (AvgIpc) is 3.09. The molecule has 0 aliphatic rings. The molecule has 0 saturated heterocycles. The highest BCUT2D eigenvalue weighted by Crippen LogP contribution is 2.19. The molecule has 1 aromatic carbocycles. The molecule has 0 aliphatic heterocycles. The number of aromatic nitrogens is 2. The summed E-state index contributed by atoms with van der Waals surface area (Å²) >= 11 is 7.34. The zero-order valence-electron chi connectivity index (χ0n) is 13.7. The lowest BCUT2D eigenvalue weighted by Gasteiger charge is -2.17. The van der Waals surface area contributed by atoms with Crippen LogP contribution in [0.1, 0.15) is 31.4 Å². The van der Waals surface area contributed by atoms with Crippen molar-refractivity contribution in [3.63, 3.8) is 0 Å². The van der Waals surface area contributed by atoms with Gasteiger partial charge in [0.1, 0.15) is 4.83 Å². The summed E-state index contributed by atoms with van der Waals surface area (Å²) in [6.45, 7) is 2.32. The van der Waals surface area contributed by atoms with Gasteiger partial charge in [-0.25, -0.2) is 4.98 Å². The molecule has 25 heavy (non-hydrogen) atoms. The van der Waals surface area contributed by atoms with Gasteiger partial charge >= 0.3 is 0 Å². The lowest BCUT2D eigenvalue weighted by molar-refractivity contribution is -0.122. The number of thiophene rings is 1. The van der Waals surface area contributed by atoms with Gasteiger partial charge in [-0.2, -0.15) is 0 Å². The van der Waals surface area contributed by atoms with E-state index >= 15 is 0 Å². The fraction of sp³-hybridized carbons (Fsp3) is 0.278. The molecule has 1 atom stereocenters. The molecule has 0 saturated carbocycles. The maximum atomic E-state index is 12.3. The van der Waals surface area contributed by atoms with Crippen LogP contribution < -0.4 is 10.9 Å². The second-order valence-corrected chi connectivity index (χ2v) is 7.04. The van der Waals surface area contributed by atoms with Crippen LogP contribution in [-0.2, 0) is 11.3 Å². The molecule has 3 rings (SSSR count). The van der Waals surface area contributed by atoms with Crippen LogP contribution in [-0.4, -0.2) is 15.5 Å². The molecule has 2 heterocycles. The monoisotopic (exact) mass is 375 g/mol. The minimum absolute atomic E-state index is 0.0704. The first-order valence-corrected chi connectivity index (χ1v) is 9.31. The molecule has 0 bridgehead atoms. The average molecular weight is 376 g/mol. The van der Waals surface area contributed by atoms with Crippen molar-refractivity contribution in [3.8, 4) is 0 Å². The largest absolute Gasteiger partial charge is 0.349 e. The Balaban J connectivity index is 1.64. The van der Waals surface area contributed by atoms with Gasteiger partial charge in [-0.3, -0.25) is 14.2 Å². The number of aryl methyl sites for hydroxylation is 1. The van der Waals surface area contributed by atoms with E-state index in [1.165, 1.54) is 22.2 Å². The summed E-state index contributed by atoms with van der Waals surface area (Å²) in [5.41, 5.74) is 0.905. The molecular weight excluding hydrogens is 358 g/mol. The number of fused-ring (bicyclic) bond motifs is 1. The van der Waals surface area contributed by atoms with Crippen molar-refractivity contribution in [1.29, 1.82) is 0 Å². The van der Waals surface area contributed by atoms with E-state index in [4.69, 9.17) is 11.6 Å². The van der Waals surface area contributed by atoms with Crippen LogP contribution >= 0.6 is 22.9 Å². The van der Waals surface area contributed by atoms with E-state index in [1.54, 1.807) is 6.07 Å². The highest BCUT2D eigenvalue weighted by atomic mass is 35.5. The van der Waals surface area contributed by atoms with Gasteiger partial charge in [0.25, 0.3) is 5.56 Å². The number of carbonyl (C=O) groups excluding carboxylic acids is 1. The molecule has 5 nitrogen and oxygen atoms in total. The van der Waals surface area contributed by atoms with Crippen molar-refractivity contribution < 1.29 is 4.79 Å². The SMILES string of the molecule is CCC(NC(=O)CCn1cnc2sccc2c1=O)c1ccc(Cl)cc1. The molecule has 1 amide bonds. The molecule has 0 radical (unpaired) electrons. The number of benzene rings is 1. The fourth-order valence-corrected chi connectivity index (χ4v) is 3.51. The zero-order chi connectivity index (χ0) is 17.8. The highest BCUT2D eigenvalue weighted by Gasteiger charge is 2.13. The van der Waals surface area contributed by atoms with E-state index < -0.39 is 0 Å². The van der Waals surface area contributed by atoms with E-state index in [0.29, 0.717) is 17.0 Å². The van der Waals surface area contributed by atoms with Crippen molar-refractivity contribution in [2.75, 3.05) is 0 Å². The maximum Gasteiger partial charge on any atom is 0.262 e. The van der Waals surface area contributed by atoms with Gasteiger partial charge in [-0.15, -0.1) is 11.3 Å². The Hall–Kier alpha value is -2.18. The Labute approximate surface area is 154 Å². The van der Waals surface area contributed by atoms with Crippen LogP contribution in [0.25, 0.3) is 10.2 Å². The number of amides is 1. The number of rotatable bonds is 6. The first-order valence-electron chi connectivity index (χ1n) is 8.06. The summed E-state index contributed by atoms with van der Waals surface area (Å²) in [6, 6.07) is 9.14. The summed E-state index contributed by atoms with van der Waals surface area (Å²) in [5.74, 6) is -0.0980. The fourth-order valence-electron chi connectivity index (χ4n) is 2.66. The van der Waals surface area contributed by atoms with Gasteiger partial charge in [-0.1, -0.05) is 30.7 Å². The third kappa shape index (κ3) is 4.08. The minimum atomic E-state index is -0.108. The number of halogens is 1. The van der Waals surface area contributed by atoms with Crippen LogP contribution in [0.4, 0.5) is 0 Å². The predicted molar refractivity (Wildman–Crippen MR) is 101 cm³/mol. The second kappa shape index (κ2) is 7.80. The van der Waals surface area contributed by atoms with Crippen molar-refractivity contribution in [1.82, 2.24) is 14.9 Å². The summed E-state index contributed by atoms with van der Waals surface area (Å²) in [4.78, 5) is 29.6. The lowest BCUT2D eigenvalue weighted by atomic mass is 10.0. The molecule has 0 spiro atoms. The molecule has 3 aromatic rings. The van der Waals surface area contributed by atoms with Crippen molar-refractivity contribution in [3.05, 3.63) is 63.0 Å². The third-order valence-corrected chi connectivity index (χ3v) is 5.12. The topological polar surface area (TPSA) is 64.0 Å². The van der Waals surface area contributed by atoms with E-state index in [-0.39, 0.29) is 23.9 Å². The summed E-state index contributed by atoms with van der Waals surface area (Å²) in [5, 5.41) is 6.11. The van der Waals surface area contributed by atoms with Crippen LogP contribution in [0.3, 0.4) is 0 Å². The summed E-state index contributed by atoms with van der Waals surface area (Å²) in [7, 11) is 0. The predicted octanol–water partition coefficient (Wildman–Crippen LogP) is 3.77. The molecule has 0 aliphatic carbocycles. The second-order valence-electron chi connectivity index (χ2n) is 5.71. The standard InChI is InChI=1S/C18H18ClN3O2S/c1-2-15(12-3-5-13(19)6-4-12)21-16(23)7-9-22-11-20-17-14(18(22)24)8-10-25-17/h3-6,8,10-11,15H,2,7,9H2,1H3,(H,21,23). The van der Waals surface area contributed by atoms with Gasteiger partial charge in [0, 0.05) is 18.0 Å². The molecular formula is C18H18ClN3O2S. The Morgan fingerprint density at radius 1 is 1.32 bits per heavy atom. The molecule has 7 heteroatoms. The molecule has 0 fully saturated rings. The van der Waals surface area contributed by atoms with E-state index in [2.05, 4.69) is 10.3 Å². The number of hydrogen-bond donors (Lipinski definition) is 1. The van der Waals surface area contributed by atoms with Gasteiger partial charge in [0.2, 0.25) is 5.91 Å². The zero-order valence-corrected chi connectivity index (χ0v) is 15.3. The van der Waals surface area contributed by atoms with E-state index in [9.17, 15) is 9.59 Å². The Bertz CT molecular complexity index is 933. The maximum absolute atomic E-state index is 12.3. The van der Waals surface area contributed by atoms with Crippen molar-refractivity contribution >= 4 is 39.1 Å². The van der Waals surface area contributed by atoms with Gasteiger partial charge in [0.15, 0.2) is 0 Å². The molecule has 2 aromatic heterocycles.